The van der Waals surface area contributed by atoms with Crippen LogP contribution in [0, 0.1) is 0 Å². The number of rotatable bonds is 7. The first kappa shape index (κ1) is 19.6. The molecule has 4 aromatic rings. The maximum Gasteiger partial charge on any atom is 0.488 e. The Morgan fingerprint density at radius 2 is 1.80 bits per heavy atom. The Hall–Kier alpha value is -3.70. The van der Waals surface area contributed by atoms with E-state index in [1.807, 2.05) is 30.3 Å². The summed E-state index contributed by atoms with van der Waals surface area (Å²) >= 11 is 0. The van der Waals surface area contributed by atoms with Crippen LogP contribution in [-0.2, 0) is 6.54 Å². The highest BCUT2D eigenvalue weighted by Gasteiger charge is 2.18. The molecule has 11 heteroatoms. The third-order valence-corrected chi connectivity index (χ3v) is 4.40. The van der Waals surface area contributed by atoms with Crippen LogP contribution >= 0.6 is 0 Å². The summed E-state index contributed by atoms with van der Waals surface area (Å²) < 4.78 is 12.3. The molecule has 0 spiro atoms. The summed E-state index contributed by atoms with van der Waals surface area (Å²) in [4.78, 5) is 17.5. The number of ether oxygens (including phenoxy) is 2. The van der Waals surface area contributed by atoms with Gasteiger partial charge in [-0.3, -0.25) is 0 Å². The van der Waals surface area contributed by atoms with E-state index in [9.17, 15) is 10.0 Å². The van der Waals surface area contributed by atoms with Gasteiger partial charge in [0.2, 0.25) is 11.9 Å². The Morgan fingerprint density at radius 1 is 0.967 bits per heavy atom. The smallest absolute Gasteiger partial charge is 0.468 e. The van der Waals surface area contributed by atoms with E-state index in [1.165, 1.54) is 14.2 Å². The van der Waals surface area contributed by atoms with Crippen molar-refractivity contribution in [3.05, 3.63) is 54.1 Å². The molecule has 0 amide bonds. The minimum Gasteiger partial charge on any atom is -0.468 e. The summed E-state index contributed by atoms with van der Waals surface area (Å²) in [6, 6.07) is 14.9. The highest BCUT2D eigenvalue weighted by atomic mass is 16.5. The first-order valence-corrected chi connectivity index (χ1v) is 9.10. The lowest BCUT2D eigenvalue weighted by molar-refractivity contribution is 0.366. The van der Waals surface area contributed by atoms with Gasteiger partial charge in [0.05, 0.1) is 25.3 Å². The Morgan fingerprint density at radius 3 is 2.57 bits per heavy atom. The zero-order valence-corrected chi connectivity index (χ0v) is 16.4. The molecule has 0 atom stereocenters. The minimum absolute atomic E-state index is 0.127. The fourth-order valence-electron chi connectivity index (χ4n) is 3.00. The summed E-state index contributed by atoms with van der Waals surface area (Å²) in [5.74, 6) is 0.570. The highest BCUT2D eigenvalue weighted by Crippen LogP contribution is 2.25. The molecular weight excluding hydrogens is 387 g/mol. The molecule has 30 heavy (non-hydrogen) atoms. The van der Waals surface area contributed by atoms with Gasteiger partial charge in [-0.15, -0.1) is 0 Å². The van der Waals surface area contributed by atoms with Gasteiger partial charge in [0.1, 0.15) is 0 Å². The number of para-hydroxylation sites is 2. The monoisotopic (exact) mass is 406 g/mol. The van der Waals surface area contributed by atoms with Gasteiger partial charge in [-0.25, -0.2) is 4.57 Å². The van der Waals surface area contributed by atoms with Crippen molar-refractivity contribution >= 4 is 29.6 Å². The van der Waals surface area contributed by atoms with Gasteiger partial charge in [-0.1, -0.05) is 36.4 Å². The summed E-state index contributed by atoms with van der Waals surface area (Å²) in [5, 5.41) is 21.8. The van der Waals surface area contributed by atoms with E-state index < -0.39 is 7.12 Å². The zero-order valence-electron chi connectivity index (χ0n) is 16.4. The van der Waals surface area contributed by atoms with Gasteiger partial charge in [0, 0.05) is 6.54 Å². The van der Waals surface area contributed by atoms with Crippen LogP contribution < -0.4 is 20.3 Å². The average molecular weight is 406 g/mol. The molecule has 0 unspecified atom stereocenters. The predicted molar refractivity (Wildman–Crippen MR) is 111 cm³/mol. The van der Waals surface area contributed by atoms with Crippen LogP contribution in [0.4, 0.5) is 5.95 Å². The van der Waals surface area contributed by atoms with Crippen molar-refractivity contribution in [2.45, 2.75) is 6.54 Å². The predicted octanol–water partition coefficient (Wildman–Crippen LogP) is 0.520. The van der Waals surface area contributed by atoms with Crippen LogP contribution in [0.3, 0.4) is 0 Å². The number of nitrogens with zero attached hydrogens (tertiary/aromatic N) is 5. The van der Waals surface area contributed by atoms with E-state index in [0.717, 1.165) is 16.6 Å². The fraction of sp³-hybridized carbons (Fsp3) is 0.158. The standard InChI is InChI=1S/C19H19BN6O4/c1-29-18-24-16(21-11-12-6-5-7-13(10-12)20(27)28)23-17(25-18)26-15-9-4-3-8-14(15)22-19(26)30-2/h3-10,27-28H,11H2,1-2H3,(H,21,23,24,25). The van der Waals surface area contributed by atoms with Crippen LogP contribution in [0.2, 0.25) is 0 Å². The molecule has 3 N–H and O–H groups in total. The van der Waals surface area contributed by atoms with Gasteiger partial charge in [-0.05, 0) is 23.2 Å². The molecule has 0 aliphatic heterocycles. The van der Waals surface area contributed by atoms with Crippen LogP contribution in [0.5, 0.6) is 12.0 Å². The number of methoxy groups -OCH3 is 2. The second kappa shape index (κ2) is 8.35. The number of hydrogen-bond acceptors (Lipinski definition) is 9. The van der Waals surface area contributed by atoms with Gasteiger partial charge in [-0.2, -0.15) is 19.9 Å². The molecule has 2 heterocycles. The third-order valence-electron chi connectivity index (χ3n) is 4.40. The van der Waals surface area contributed by atoms with E-state index >= 15 is 0 Å². The molecule has 0 saturated heterocycles. The Kier molecular flexibility index (Phi) is 5.46. The number of benzene rings is 2. The maximum absolute atomic E-state index is 9.34. The number of fused-ring (bicyclic) bond motifs is 1. The lowest BCUT2D eigenvalue weighted by Crippen LogP contribution is -2.30. The Balaban J connectivity index is 1.69. The van der Waals surface area contributed by atoms with Crippen molar-refractivity contribution in [3.63, 3.8) is 0 Å². The average Bonchev–Trinajstić information content (AvgIpc) is 3.16. The molecule has 0 fully saturated rings. The van der Waals surface area contributed by atoms with Crippen molar-refractivity contribution in [1.29, 1.82) is 0 Å². The SMILES string of the molecule is COc1nc(NCc2cccc(B(O)O)c2)nc(-n2c(OC)nc3ccccc32)n1. The number of imidazole rings is 1. The first-order valence-electron chi connectivity index (χ1n) is 9.10. The molecular formula is C19H19BN6O4. The third kappa shape index (κ3) is 3.88. The van der Waals surface area contributed by atoms with E-state index in [4.69, 9.17) is 9.47 Å². The van der Waals surface area contributed by atoms with Gasteiger partial charge in [0.15, 0.2) is 0 Å². The van der Waals surface area contributed by atoms with Crippen LogP contribution in [0.1, 0.15) is 5.56 Å². The van der Waals surface area contributed by atoms with E-state index in [-0.39, 0.29) is 17.9 Å². The van der Waals surface area contributed by atoms with Crippen molar-refractivity contribution in [3.8, 4) is 18.0 Å². The molecule has 2 aromatic carbocycles. The van der Waals surface area contributed by atoms with Crippen LogP contribution in [0.25, 0.3) is 17.0 Å². The molecule has 152 valence electrons. The second-order valence-corrected chi connectivity index (χ2v) is 6.34. The summed E-state index contributed by atoms with van der Waals surface area (Å²) in [6.45, 7) is 0.356. The second-order valence-electron chi connectivity index (χ2n) is 6.34. The van der Waals surface area contributed by atoms with Crippen molar-refractivity contribution < 1.29 is 19.5 Å². The molecule has 4 rings (SSSR count). The molecule has 2 aromatic heterocycles. The highest BCUT2D eigenvalue weighted by molar-refractivity contribution is 6.58. The molecule has 0 saturated carbocycles. The lowest BCUT2D eigenvalue weighted by Gasteiger charge is -2.11. The van der Waals surface area contributed by atoms with Crippen molar-refractivity contribution in [2.75, 3.05) is 19.5 Å². The van der Waals surface area contributed by atoms with Crippen LogP contribution in [-0.4, -0.2) is 55.9 Å². The number of nitrogens with one attached hydrogen (secondary N) is 1. The summed E-state index contributed by atoms with van der Waals surface area (Å²) in [7, 11) is 1.46. The molecule has 0 aliphatic rings. The van der Waals surface area contributed by atoms with Crippen molar-refractivity contribution in [2.24, 2.45) is 0 Å². The van der Waals surface area contributed by atoms with E-state index in [1.54, 1.807) is 22.8 Å². The Bertz CT molecular complexity index is 1180. The Labute approximate surface area is 172 Å². The zero-order chi connectivity index (χ0) is 21.1. The van der Waals surface area contributed by atoms with Crippen LogP contribution in [0.15, 0.2) is 48.5 Å². The van der Waals surface area contributed by atoms with Gasteiger partial charge >= 0.3 is 19.1 Å². The topological polar surface area (TPSA) is 127 Å². The number of hydrogen-bond donors (Lipinski definition) is 3. The minimum atomic E-state index is -1.53. The van der Waals surface area contributed by atoms with Gasteiger partial charge in [0.25, 0.3) is 0 Å². The number of anilines is 1. The molecule has 10 nitrogen and oxygen atoms in total. The summed E-state index contributed by atoms with van der Waals surface area (Å²) in [6.07, 6.45) is 0. The van der Waals surface area contributed by atoms with E-state index in [2.05, 4.69) is 25.3 Å². The first-order chi connectivity index (χ1) is 14.6. The number of aromatic nitrogens is 5. The van der Waals surface area contributed by atoms with E-state index in [0.29, 0.717) is 18.0 Å². The van der Waals surface area contributed by atoms with Crippen molar-refractivity contribution in [1.82, 2.24) is 24.5 Å². The largest absolute Gasteiger partial charge is 0.488 e. The molecule has 0 radical (unpaired) electrons. The fourth-order valence-corrected chi connectivity index (χ4v) is 3.00. The summed E-state index contributed by atoms with van der Waals surface area (Å²) in [5.41, 5.74) is 2.74. The molecule has 0 bridgehead atoms. The molecule has 0 aliphatic carbocycles. The maximum atomic E-state index is 9.34. The lowest BCUT2D eigenvalue weighted by atomic mass is 9.80. The normalized spacial score (nSPS) is 10.8. The quantitative estimate of drug-likeness (QED) is 0.377. The van der Waals surface area contributed by atoms with Gasteiger partial charge < -0.3 is 24.8 Å².